The Morgan fingerprint density at radius 1 is 1.19 bits per heavy atom. The highest BCUT2D eigenvalue weighted by molar-refractivity contribution is 5.89. The fourth-order valence-electron chi connectivity index (χ4n) is 2.49. The van der Waals surface area contributed by atoms with E-state index < -0.39 is 0 Å². The van der Waals surface area contributed by atoms with Gasteiger partial charge in [0.1, 0.15) is 12.1 Å². The lowest BCUT2D eigenvalue weighted by atomic mass is 10.1. The molecule has 0 saturated carbocycles. The topological polar surface area (TPSA) is 94.0 Å². The minimum atomic E-state index is -0.259. The SMILES string of the molecule is COc1ccc(CCNC(=O)Nc2ccc(C)c(-n3cnnn3)c2)cc1. The van der Waals surface area contributed by atoms with Crippen molar-refractivity contribution in [3.8, 4) is 11.4 Å². The van der Waals surface area contributed by atoms with Crippen LogP contribution in [-0.2, 0) is 6.42 Å². The van der Waals surface area contributed by atoms with Crippen molar-refractivity contribution < 1.29 is 9.53 Å². The highest BCUT2D eigenvalue weighted by atomic mass is 16.5. The van der Waals surface area contributed by atoms with E-state index in [4.69, 9.17) is 4.74 Å². The van der Waals surface area contributed by atoms with Crippen LogP contribution in [0.5, 0.6) is 5.75 Å². The van der Waals surface area contributed by atoms with Crippen molar-refractivity contribution >= 4 is 11.7 Å². The molecule has 0 saturated heterocycles. The average molecular weight is 352 g/mol. The Kier molecular flexibility index (Phi) is 5.43. The molecule has 0 aliphatic heterocycles. The van der Waals surface area contributed by atoms with Gasteiger partial charge in [0.25, 0.3) is 0 Å². The Morgan fingerprint density at radius 2 is 2.00 bits per heavy atom. The first-order valence-electron chi connectivity index (χ1n) is 8.17. The number of amides is 2. The van der Waals surface area contributed by atoms with Crippen LogP contribution in [-0.4, -0.2) is 39.9 Å². The molecule has 2 aromatic carbocycles. The van der Waals surface area contributed by atoms with Crippen molar-refractivity contribution in [3.63, 3.8) is 0 Å². The van der Waals surface area contributed by atoms with Crippen LogP contribution in [0.25, 0.3) is 5.69 Å². The van der Waals surface area contributed by atoms with E-state index in [1.165, 1.54) is 6.33 Å². The van der Waals surface area contributed by atoms with Gasteiger partial charge >= 0.3 is 6.03 Å². The normalized spacial score (nSPS) is 10.4. The van der Waals surface area contributed by atoms with E-state index in [-0.39, 0.29) is 6.03 Å². The summed E-state index contributed by atoms with van der Waals surface area (Å²) in [5.74, 6) is 0.817. The molecule has 134 valence electrons. The number of carbonyl (C=O) groups excluding carboxylic acids is 1. The van der Waals surface area contributed by atoms with Crippen LogP contribution >= 0.6 is 0 Å². The third kappa shape index (κ3) is 4.35. The van der Waals surface area contributed by atoms with Gasteiger partial charge in [-0.15, -0.1) is 5.10 Å². The minimum absolute atomic E-state index is 0.259. The molecule has 1 aromatic heterocycles. The lowest BCUT2D eigenvalue weighted by molar-refractivity contribution is 0.252. The van der Waals surface area contributed by atoms with Gasteiger partial charge in [0, 0.05) is 12.2 Å². The second-order valence-corrected chi connectivity index (χ2v) is 5.73. The van der Waals surface area contributed by atoms with Crippen LogP contribution in [0.15, 0.2) is 48.8 Å². The second-order valence-electron chi connectivity index (χ2n) is 5.73. The number of benzene rings is 2. The van der Waals surface area contributed by atoms with E-state index in [1.807, 2.05) is 49.4 Å². The number of nitrogens with one attached hydrogen (secondary N) is 2. The van der Waals surface area contributed by atoms with Crippen molar-refractivity contribution in [1.82, 2.24) is 25.5 Å². The molecule has 8 heteroatoms. The number of carbonyl (C=O) groups is 1. The molecule has 0 atom stereocenters. The van der Waals surface area contributed by atoms with Crippen molar-refractivity contribution in [1.29, 1.82) is 0 Å². The van der Waals surface area contributed by atoms with Crippen molar-refractivity contribution in [2.24, 2.45) is 0 Å². The molecule has 0 aliphatic rings. The summed E-state index contributed by atoms with van der Waals surface area (Å²) in [6, 6.07) is 13.1. The van der Waals surface area contributed by atoms with Gasteiger partial charge in [0.05, 0.1) is 12.8 Å². The molecule has 0 bridgehead atoms. The summed E-state index contributed by atoms with van der Waals surface area (Å²) in [6.07, 6.45) is 2.25. The summed E-state index contributed by atoms with van der Waals surface area (Å²) in [6.45, 7) is 2.49. The Bertz CT molecular complexity index is 862. The number of aryl methyl sites for hydroxylation is 1. The number of methoxy groups -OCH3 is 1. The molecule has 3 rings (SSSR count). The zero-order valence-electron chi connectivity index (χ0n) is 14.6. The zero-order chi connectivity index (χ0) is 18.4. The third-order valence-electron chi connectivity index (χ3n) is 3.92. The molecular weight excluding hydrogens is 332 g/mol. The number of tetrazole rings is 1. The lowest BCUT2D eigenvalue weighted by Gasteiger charge is -2.11. The molecule has 0 aliphatic carbocycles. The second kappa shape index (κ2) is 8.11. The van der Waals surface area contributed by atoms with Crippen LogP contribution in [0.3, 0.4) is 0 Å². The molecule has 8 nitrogen and oxygen atoms in total. The Balaban J connectivity index is 1.54. The van der Waals surface area contributed by atoms with Crippen molar-refractivity contribution in [3.05, 3.63) is 59.9 Å². The fraction of sp³-hybridized carbons (Fsp3) is 0.222. The first-order chi connectivity index (χ1) is 12.7. The molecule has 2 N–H and O–H groups in total. The maximum absolute atomic E-state index is 12.1. The largest absolute Gasteiger partial charge is 0.497 e. The molecule has 0 spiro atoms. The van der Waals surface area contributed by atoms with E-state index in [9.17, 15) is 4.79 Å². The predicted octanol–water partition coefficient (Wildman–Crippen LogP) is 2.34. The third-order valence-corrected chi connectivity index (χ3v) is 3.92. The van der Waals surface area contributed by atoms with Crippen LogP contribution in [0.1, 0.15) is 11.1 Å². The van der Waals surface area contributed by atoms with Crippen LogP contribution in [0.2, 0.25) is 0 Å². The van der Waals surface area contributed by atoms with Crippen molar-refractivity contribution in [2.45, 2.75) is 13.3 Å². The summed E-state index contributed by atoms with van der Waals surface area (Å²) in [5.41, 5.74) is 3.61. The molecule has 1 heterocycles. The van der Waals surface area contributed by atoms with E-state index in [0.29, 0.717) is 12.2 Å². The van der Waals surface area contributed by atoms with Crippen LogP contribution in [0, 0.1) is 6.92 Å². The number of nitrogens with zero attached hydrogens (tertiary/aromatic N) is 4. The molecule has 3 aromatic rings. The molecule has 26 heavy (non-hydrogen) atoms. The number of urea groups is 1. The molecular formula is C18H20N6O2. The summed E-state index contributed by atoms with van der Waals surface area (Å²) < 4.78 is 6.69. The number of anilines is 1. The van der Waals surface area contributed by atoms with Gasteiger partial charge in [-0.05, 0) is 59.2 Å². The van der Waals surface area contributed by atoms with Gasteiger partial charge in [0.15, 0.2) is 0 Å². The summed E-state index contributed by atoms with van der Waals surface area (Å²) in [4.78, 5) is 12.1. The smallest absolute Gasteiger partial charge is 0.319 e. The Hall–Kier alpha value is -3.42. The zero-order valence-corrected chi connectivity index (χ0v) is 14.6. The van der Waals surface area contributed by atoms with Gasteiger partial charge < -0.3 is 15.4 Å². The van der Waals surface area contributed by atoms with E-state index in [1.54, 1.807) is 11.8 Å². The number of ether oxygens (including phenoxy) is 1. The number of aromatic nitrogens is 4. The van der Waals surface area contributed by atoms with Gasteiger partial charge in [-0.25, -0.2) is 9.48 Å². The van der Waals surface area contributed by atoms with Gasteiger partial charge in [-0.1, -0.05) is 18.2 Å². The molecule has 0 radical (unpaired) electrons. The predicted molar refractivity (Wildman–Crippen MR) is 97.6 cm³/mol. The Morgan fingerprint density at radius 3 is 2.69 bits per heavy atom. The fourth-order valence-corrected chi connectivity index (χ4v) is 2.49. The average Bonchev–Trinajstić information content (AvgIpc) is 3.18. The van der Waals surface area contributed by atoms with Crippen LogP contribution < -0.4 is 15.4 Å². The Labute approximate surface area is 151 Å². The molecule has 2 amide bonds. The summed E-state index contributed by atoms with van der Waals surface area (Å²) >= 11 is 0. The number of rotatable bonds is 6. The van der Waals surface area contributed by atoms with Gasteiger partial charge in [-0.3, -0.25) is 0 Å². The van der Waals surface area contributed by atoms with Gasteiger partial charge in [-0.2, -0.15) is 0 Å². The lowest BCUT2D eigenvalue weighted by Crippen LogP contribution is -2.30. The van der Waals surface area contributed by atoms with E-state index >= 15 is 0 Å². The minimum Gasteiger partial charge on any atom is -0.497 e. The highest BCUT2D eigenvalue weighted by Gasteiger charge is 2.07. The highest BCUT2D eigenvalue weighted by Crippen LogP contribution is 2.18. The number of hydrogen-bond donors (Lipinski definition) is 2. The molecule has 0 unspecified atom stereocenters. The first-order valence-corrected chi connectivity index (χ1v) is 8.17. The van der Waals surface area contributed by atoms with Crippen molar-refractivity contribution in [2.75, 3.05) is 19.0 Å². The monoisotopic (exact) mass is 352 g/mol. The van der Waals surface area contributed by atoms with Gasteiger partial charge in [0.2, 0.25) is 0 Å². The standard InChI is InChI=1S/C18H20N6O2/c1-13-3-6-15(11-17(13)24-12-20-22-23-24)21-18(25)19-10-9-14-4-7-16(26-2)8-5-14/h3-8,11-12H,9-10H2,1-2H3,(H2,19,21,25). The summed E-state index contributed by atoms with van der Waals surface area (Å²) in [7, 11) is 1.64. The quantitative estimate of drug-likeness (QED) is 0.710. The maximum atomic E-state index is 12.1. The van der Waals surface area contributed by atoms with E-state index in [2.05, 4.69) is 26.2 Å². The maximum Gasteiger partial charge on any atom is 0.319 e. The summed E-state index contributed by atoms with van der Waals surface area (Å²) in [5, 5.41) is 16.8. The molecule has 0 fully saturated rings. The first kappa shape index (κ1) is 17.4. The number of hydrogen-bond acceptors (Lipinski definition) is 5. The van der Waals surface area contributed by atoms with Crippen LogP contribution in [0.4, 0.5) is 10.5 Å². The van der Waals surface area contributed by atoms with E-state index in [0.717, 1.165) is 29.0 Å².